The van der Waals surface area contributed by atoms with E-state index in [0.717, 1.165) is 18.4 Å². The molecule has 0 saturated carbocycles. The number of likely N-dealkylation sites (N-methyl/N-ethyl adjacent to an activating group) is 1. The molecule has 104 valence electrons. The molecule has 0 radical (unpaired) electrons. The van der Waals surface area contributed by atoms with Crippen molar-refractivity contribution in [3.63, 3.8) is 0 Å². The maximum Gasteiger partial charge on any atom is 0.0892 e. The predicted molar refractivity (Wildman–Crippen MR) is 82.2 cm³/mol. The van der Waals surface area contributed by atoms with Gasteiger partial charge in [0, 0.05) is 40.2 Å². The van der Waals surface area contributed by atoms with E-state index in [0.29, 0.717) is 0 Å². The van der Waals surface area contributed by atoms with Gasteiger partial charge in [-0.2, -0.15) is 5.10 Å². The van der Waals surface area contributed by atoms with Crippen molar-refractivity contribution < 1.29 is 0 Å². The van der Waals surface area contributed by atoms with E-state index in [4.69, 9.17) is 0 Å². The number of nitrogens with one attached hydrogen (secondary N) is 1. The van der Waals surface area contributed by atoms with Gasteiger partial charge in [0.15, 0.2) is 0 Å². The molecule has 5 heteroatoms. The van der Waals surface area contributed by atoms with Gasteiger partial charge in [0.25, 0.3) is 0 Å². The summed E-state index contributed by atoms with van der Waals surface area (Å²) in [5.74, 6) is 0. The van der Waals surface area contributed by atoms with Gasteiger partial charge >= 0.3 is 0 Å². The van der Waals surface area contributed by atoms with E-state index in [2.05, 4.69) is 34.5 Å². The Labute approximate surface area is 122 Å². The molecule has 1 N–H and O–H groups in total. The van der Waals surface area contributed by atoms with Crippen LogP contribution in [0, 0.1) is 0 Å². The molecule has 0 spiro atoms. The summed E-state index contributed by atoms with van der Waals surface area (Å²) in [6.45, 7) is 2.20. The maximum absolute atomic E-state index is 4.39. The highest BCUT2D eigenvalue weighted by molar-refractivity contribution is 7.11. The van der Waals surface area contributed by atoms with Crippen LogP contribution in [-0.4, -0.2) is 21.6 Å². The number of hydrogen-bond acceptors (Lipinski definition) is 4. The lowest BCUT2D eigenvalue weighted by atomic mass is 10.1. The largest absolute Gasteiger partial charge is 0.313 e. The van der Waals surface area contributed by atoms with Gasteiger partial charge < -0.3 is 5.32 Å². The maximum atomic E-state index is 4.39. The minimum Gasteiger partial charge on any atom is -0.313 e. The Hall–Kier alpha value is -1.72. The molecule has 20 heavy (non-hydrogen) atoms. The zero-order valence-corrected chi connectivity index (χ0v) is 12.5. The summed E-state index contributed by atoms with van der Waals surface area (Å²) in [7, 11) is 2.00. The van der Waals surface area contributed by atoms with Gasteiger partial charge in [-0.1, -0.05) is 6.92 Å². The molecule has 0 aliphatic heterocycles. The topological polar surface area (TPSA) is 42.2 Å². The monoisotopic (exact) mass is 286 g/mol. The van der Waals surface area contributed by atoms with Crippen LogP contribution in [0.3, 0.4) is 0 Å². The average Bonchev–Trinajstić information content (AvgIpc) is 3.11. The number of nitrogens with zero attached hydrogens (tertiary/aromatic N) is 3. The van der Waals surface area contributed by atoms with E-state index in [1.165, 1.54) is 15.3 Å². The Morgan fingerprint density at radius 2 is 2.15 bits per heavy atom. The van der Waals surface area contributed by atoms with Gasteiger partial charge in [0.1, 0.15) is 0 Å². The highest BCUT2D eigenvalue weighted by Crippen LogP contribution is 2.26. The zero-order chi connectivity index (χ0) is 13.9. The highest BCUT2D eigenvalue weighted by atomic mass is 32.1. The lowest BCUT2D eigenvalue weighted by molar-refractivity contribution is 0.600. The summed E-state index contributed by atoms with van der Waals surface area (Å²) in [4.78, 5) is 7.05. The van der Waals surface area contributed by atoms with Crippen molar-refractivity contribution in [1.82, 2.24) is 19.9 Å². The van der Waals surface area contributed by atoms with Gasteiger partial charge in [-0.25, -0.2) is 4.52 Å². The lowest BCUT2D eigenvalue weighted by Gasteiger charge is -2.14. The predicted octanol–water partition coefficient (Wildman–Crippen LogP) is 2.86. The van der Waals surface area contributed by atoms with Crippen molar-refractivity contribution in [2.24, 2.45) is 0 Å². The van der Waals surface area contributed by atoms with Crippen molar-refractivity contribution in [2.45, 2.75) is 25.8 Å². The van der Waals surface area contributed by atoms with Crippen LogP contribution in [0.25, 0.3) is 5.52 Å². The van der Waals surface area contributed by atoms with E-state index >= 15 is 0 Å². The molecule has 3 rings (SSSR count). The summed E-state index contributed by atoms with van der Waals surface area (Å²) in [5.41, 5.74) is 2.27. The minimum atomic E-state index is 0.264. The van der Waals surface area contributed by atoms with E-state index < -0.39 is 0 Å². The molecule has 0 aliphatic carbocycles. The molecule has 3 aromatic rings. The molecule has 0 amide bonds. The van der Waals surface area contributed by atoms with Crippen LogP contribution in [0.4, 0.5) is 0 Å². The molecular formula is C15H18N4S. The Kier molecular flexibility index (Phi) is 3.80. The van der Waals surface area contributed by atoms with Crippen molar-refractivity contribution in [3.05, 3.63) is 52.2 Å². The first-order valence-corrected chi connectivity index (χ1v) is 7.65. The van der Waals surface area contributed by atoms with Crippen LogP contribution in [0.15, 0.2) is 36.9 Å². The first-order valence-electron chi connectivity index (χ1n) is 6.84. The third-order valence-corrected chi connectivity index (χ3v) is 4.80. The van der Waals surface area contributed by atoms with Crippen LogP contribution < -0.4 is 5.32 Å². The Morgan fingerprint density at radius 3 is 2.90 bits per heavy atom. The van der Waals surface area contributed by atoms with E-state index in [1.807, 2.05) is 41.5 Å². The number of aromatic nitrogens is 3. The second-order valence-electron chi connectivity index (χ2n) is 4.77. The fourth-order valence-corrected chi connectivity index (χ4v) is 3.42. The fraction of sp³-hybridized carbons (Fsp3) is 0.333. The van der Waals surface area contributed by atoms with Crippen molar-refractivity contribution >= 4 is 16.9 Å². The number of thiophene rings is 1. The molecule has 4 nitrogen and oxygen atoms in total. The molecule has 1 unspecified atom stereocenters. The first-order chi connectivity index (χ1) is 9.81. The fourth-order valence-electron chi connectivity index (χ4n) is 2.41. The SMILES string of the molecule is CCc1ccc(CC(NC)c2cnn3ccncc23)s1. The summed E-state index contributed by atoms with van der Waals surface area (Å²) < 4.78 is 1.87. The quantitative estimate of drug-likeness (QED) is 0.784. The minimum absolute atomic E-state index is 0.264. The lowest BCUT2D eigenvalue weighted by Crippen LogP contribution is -2.18. The van der Waals surface area contributed by atoms with E-state index in [9.17, 15) is 0 Å². The third-order valence-electron chi connectivity index (χ3n) is 3.55. The molecule has 0 aliphatic rings. The molecule has 3 aromatic heterocycles. The summed E-state index contributed by atoms with van der Waals surface area (Å²) in [6, 6.07) is 4.72. The van der Waals surface area contributed by atoms with Crippen molar-refractivity contribution in [2.75, 3.05) is 7.05 Å². The van der Waals surface area contributed by atoms with Crippen LogP contribution in [0.2, 0.25) is 0 Å². The second-order valence-corrected chi connectivity index (χ2v) is 6.03. The second kappa shape index (κ2) is 5.73. The third kappa shape index (κ3) is 2.46. The molecular weight excluding hydrogens is 268 g/mol. The smallest absolute Gasteiger partial charge is 0.0892 e. The van der Waals surface area contributed by atoms with Crippen LogP contribution >= 0.6 is 11.3 Å². The van der Waals surface area contributed by atoms with Crippen LogP contribution in [0.5, 0.6) is 0 Å². The summed E-state index contributed by atoms with van der Waals surface area (Å²) >= 11 is 1.90. The average molecular weight is 286 g/mol. The van der Waals surface area contributed by atoms with Crippen LogP contribution in [-0.2, 0) is 12.8 Å². The standard InChI is InChI=1S/C15H18N4S/c1-3-11-4-5-12(20-11)8-14(16-2)13-9-18-19-7-6-17-10-15(13)19/h4-7,9-10,14,16H,3,8H2,1-2H3. The Bertz CT molecular complexity index is 701. The molecule has 0 saturated heterocycles. The van der Waals surface area contributed by atoms with Gasteiger partial charge in [0.05, 0.1) is 17.9 Å². The number of aryl methyl sites for hydroxylation is 1. The van der Waals surface area contributed by atoms with Gasteiger partial charge in [-0.15, -0.1) is 11.3 Å². The van der Waals surface area contributed by atoms with Gasteiger partial charge in [0.2, 0.25) is 0 Å². The highest BCUT2D eigenvalue weighted by Gasteiger charge is 2.16. The van der Waals surface area contributed by atoms with Crippen LogP contribution in [0.1, 0.15) is 28.3 Å². The van der Waals surface area contributed by atoms with Gasteiger partial charge in [-0.3, -0.25) is 4.98 Å². The first kappa shape index (κ1) is 13.3. The molecule has 0 aromatic carbocycles. The molecule has 1 atom stereocenters. The normalized spacial score (nSPS) is 12.9. The van der Waals surface area contributed by atoms with Gasteiger partial charge in [-0.05, 0) is 25.6 Å². The summed E-state index contributed by atoms with van der Waals surface area (Å²) in [6.07, 6.45) is 9.54. The van der Waals surface area contributed by atoms with Crippen molar-refractivity contribution in [1.29, 1.82) is 0 Å². The molecule has 0 bridgehead atoms. The number of fused-ring (bicyclic) bond motifs is 1. The van der Waals surface area contributed by atoms with E-state index in [1.54, 1.807) is 6.20 Å². The summed E-state index contributed by atoms with van der Waals surface area (Å²) in [5, 5.41) is 7.79. The molecule has 3 heterocycles. The van der Waals surface area contributed by atoms with Crippen molar-refractivity contribution in [3.8, 4) is 0 Å². The Morgan fingerprint density at radius 1 is 1.30 bits per heavy atom. The zero-order valence-electron chi connectivity index (χ0n) is 11.7. The Balaban J connectivity index is 1.89. The molecule has 0 fully saturated rings. The number of rotatable bonds is 5. The number of hydrogen-bond donors (Lipinski definition) is 1. The van der Waals surface area contributed by atoms with E-state index in [-0.39, 0.29) is 6.04 Å².